The minimum absolute atomic E-state index is 0.399. The molecule has 0 atom stereocenters. The molecule has 0 spiro atoms. The molecule has 1 aromatic carbocycles. The van der Waals surface area contributed by atoms with Gasteiger partial charge in [0.05, 0.1) is 0 Å². The van der Waals surface area contributed by atoms with E-state index in [2.05, 4.69) is 4.99 Å². The molecule has 1 aromatic rings. The molecule has 0 saturated carbocycles. The molecule has 15 heavy (non-hydrogen) atoms. The first-order valence-electron chi connectivity index (χ1n) is 4.94. The summed E-state index contributed by atoms with van der Waals surface area (Å²) in [6.07, 6.45) is 2.42. The van der Waals surface area contributed by atoms with Crippen molar-refractivity contribution in [3.8, 4) is 0 Å². The number of benzene rings is 1. The van der Waals surface area contributed by atoms with Crippen LogP contribution < -0.4 is 0 Å². The van der Waals surface area contributed by atoms with E-state index < -0.39 is 0 Å². The zero-order chi connectivity index (χ0) is 10.5. The van der Waals surface area contributed by atoms with Crippen molar-refractivity contribution in [3.63, 3.8) is 0 Å². The molecule has 4 heteroatoms. The number of rotatable bonds is 1. The molecule has 0 aliphatic carbocycles. The van der Waals surface area contributed by atoms with Crippen LogP contribution in [0.2, 0.25) is 10.3 Å². The van der Waals surface area contributed by atoms with E-state index in [9.17, 15) is 0 Å². The fraction of sp³-hybridized carbons (Fsp3) is 0.364. The summed E-state index contributed by atoms with van der Waals surface area (Å²) in [5.41, 5.74) is 0.929. The first-order chi connectivity index (χ1) is 7.34. The quantitative estimate of drug-likeness (QED) is 0.727. The number of aliphatic imine (C=N–C) groups is 1. The zero-order valence-corrected chi connectivity index (χ0v) is 10.7. The van der Waals surface area contributed by atoms with Crippen LogP contribution in [0.4, 0.5) is 5.69 Å². The average Bonchev–Trinajstić information content (AvgIpc) is 2.50. The van der Waals surface area contributed by atoms with Crippen molar-refractivity contribution in [2.24, 2.45) is 4.99 Å². The molecule has 1 saturated heterocycles. The number of hydrogen-bond donors (Lipinski definition) is 0. The van der Waals surface area contributed by atoms with Gasteiger partial charge in [0.2, 0.25) is 0 Å². The van der Waals surface area contributed by atoms with Crippen LogP contribution in [0.3, 0.4) is 0 Å². The Labute approximate surface area is 101 Å². The van der Waals surface area contributed by atoms with E-state index in [4.69, 9.17) is 16.3 Å². The second kappa shape index (κ2) is 5.55. The van der Waals surface area contributed by atoms with Gasteiger partial charge in [-0.3, -0.25) is 0 Å². The number of nitrogens with zero attached hydrogens (tertiary/aromatic N) is 1. The van der Waals surface area contributed by atoms with Gasteiger partial charge in [0, 0.05) is 0 Å². The van der Waals surface area contributed by atoms with E-state index >= 15 is 0 Å². The Morgan fingerprint density at radius 2 is 2.00 bits per heavy atom. The van der Waals surface area contributed by atoms with Crippen LogP contribution in [0.1, 0.15) is 12.8 Å². The molecule has 1 heterocycles. The minimum atomic E-state index is 0.399. The summed E-state index contributed by atoms with van der Waals surface area (Å²) < 4.78 is 5.58. The van der Waals surface area contributed by atoms with Gasteiger partial charge in [-0.1, -0.05) is 0 Å². The van der Waals surface area contributed by atoms with Crippen LogP contribution in [-0.2, 0) is 4.74 Å². The van der Waals surface area contributed by atoms with Crippen molar-refractivity contribution < 1.29 is 4.74 Å². The number of hydrogen-bond acceptors (Lipinski definition) is 2. The summed E-state index contributed by atoms with van der Waals surface area (Å²) in [5.74, 6) is 0. The van der Waals surface area contributed by atoms with Crippen LogP contribution in [0.15, 0.2) is 29.3 Å². The zero-order valence-electron chi connectivity index (χ0n) is 8.28. The van der Waals surface area contributed by atoms with Gasteiger partial charge in [-0.25, -0.2) is 0 Å². The van der Waals surface area contributed by atoms with Gasteiger partial charge >= 0.3 is 101 Å². The third-order valence-electron chi connectivity index (χ3n) is 2.04. The molecule has 1 fully saturated rings. The topological polar surface area (TPSA) is 21.6 Å². The van der Waals surface area contributed by atoms with Gasteiger partial charge in [-0.2, -0.15) is 0 Å². The molecule has 0 amide bonds. The van der Waals surface area contributed by atoms with Crippen LogP contribution in [0.25, 0.3) is 0 Å². The third kappa shape index (κ3) is 3.53. The van der Waals surface area contributed by atoms with Crippen molar-refractivity contribution in [1.82, 2.24) is 0 Å². The maximum atomic E-state index is 5.80. The monoisotopic (exact) mass is 289 g/mol. The van der Waals surface area contributed by atoms with Crippen molar-refractivity contribution in [2.45, 2.75) is 18.2 Å². The van der Waals surface area contributed by atoms with Crippen LogP contribution >= 0.6 is 11.6 Å². The van der Waals surface area contributed by atoms with Crippen LogP contribution in [0, 0.1) is 0 Å². The molecule has 1 aliphatic rings. The molecule has 2 rings (SSSR count). The summed E-state index contributed by atoms with van der Waals surface area (Å²) in [4.78, 5) is 5.40. The van der Waals surface area contributed by atoms with E-state index in [-0.39, 0.29) is 0 Å². The Hall–Kier alpha value is -0.501. The normalized spacial score (nSPS) is 19.7. The van der Waals surface area contributed by atoms with E-state index in [1.165, 1.54) is 11.7 Å². The molecule has 0 unspecified atom stereocenters. The van der Waals surface area contributed by atoms with E-state index in [0.29, 0.717) is 15.0 Å². The Morgan fingerprint density at radius 1 is 1.20 bits per heavy atom. The van der Waals surface area contributed by atoms with Crippen molar-refractivity contribution in [1.29, 1.82) is 0 Å². The molecular weight excluding hydrogens is 277 g/mol. The van der Waals surface area contributed by atoms with Crippen molar-refractivity contribution in [3.05, 3.63) is 29.3 Å². The standard InChI is InChI=1S/C11H12ClNOSe/c12-9-3-5-10(6-4-9)13-11-14-7-1-2-8-15-11/h3-6H,1-2,7-8H2. The van der Waals surface area contributed by atoms with E-state index in [1.54, 1.807) is 0 Å². The fourth-order valence-corrected chi connectivity index (χ4v) is 3.18. The number of halogens is 1. The van der Waals surface area contributed by atoms with Gasteiger partial charge in [-0.05, 0) is 0 Å². The summed E-state index contributed by atoms with van der Waals surface area (Å²) in [5, 5.41) is 1.98. The van der Waals surface area contributed by atoms with Gasteiger partial charge in [0.15, 0.2) is 0 Å². The first kappa shape index (κ1) is 11.0. The molecule has 2 nitrogen and oxygen atoms in total. The number of ether oxygens (including phenoxy) is 1. The van der Waals surface area contributed by atoms with Crippen LogP contribution in [-0.4, -0.2) is 26.4 Å². The fourth-order valence-electron chi connectivity index (χ4n) is 1.25. The molecule has 1 aliphatic heterocycles. The predicted octanol–water partition coefficient (Wildman–Crippen LogP) is 3.26. The predicted molar refractivity (Wildman–Crippen MR) is 64.3 cm³/mol. The van der Waals surface area contributed by atoms with Gasteiger partial charge < -0.3 is 0 Å². The summed E-state index contributed by atoms with van der Waals surface area (Å²) >= 11 is 6.20. The molecular formula is C11H12ClNOSe. The molecule has 80 valence electrons. The average molecular weight is 289 g/mol. The van der Waals surface area contributed by atoms with Crippen molar-refractivity contribution in [2.75, 3.05) is 6.61 Å². The molecule has 0 aromatic heterocycles. The third-order valence-corrected chi connectivity index (χ3v) is 4.28. The molecule has 0 radical (unpaired) electrons. The second-order valence-corrected chi connectivity index (χ2v) is 5.89. The SMILES string of the molecule is Clc1ccc(N=C2OCCCC[Se]2)cc1. The van der Waals surface area contributed by atoms with Gasteiger partial charge in [0.25, 0.3) is 0 Å². The summed E-state index contributed by atoms with van der Waals surface area (Å²) in [6, 6.07) is 7.54. The second-order valence-electron chi connectivity index (χ2n) is 3.26. The van der Waals surface area contributed by atoms with E-state index in [0.717, 1.165) is 28.5 Å². The van der Waals surface area contributed by atoms with Crippen molar-refractivity contribution >= 4 is 37.0 Å². The first-order valence-corrected chi connectivity index (χ1v) is 7.39. The Kier molecular flexibility index (Phi) is 4.07. The van der Waals surface area contributed by atoms with E-state index in [1.807, 2.05) is 24.3 Å². The van der Waals surface area contributed by atoms with Gasteiger partial charge in [-0.15, -0.1) is 0 Å². The Bertz CT molecular complexity index is 340. The maximum absolute atomic E-state index is 5.80. The molecule has 0 N–H and O–H groups in total. The van der Waals surface area contributed by atoms with Crippen LogP contribution in [0.5, 0.6) is 0 Å². The summed E-state index contributed by atoms with van der Waals surface area (Å²) in [6.45, 7) is 0.814. The molecule has 0 bridgehead atoms. The van der Waals surface area contributed by atoms with Gasteiger partial charge in [0.1, 0.15) is 0 Å². The Morgan fingerprint density at radius 3 is 2.80 bits per heavy atom. The summed E-state index contributed by atoms with van der Waals surface area (Å²) in [7, 11) is 0. The Balaban J connectivity index is 2.10.